The summed E-state index contributed by atoms with van der Waals surface area (Å²) < 4.78 is 5.22. The van der Waals surface area contributed by atoms with Crippen LogP contribution in [0.4, 0.5) is 0 Å². The largest absolute Gasteiger partial charge is 0.497 e. The van der Waals surface area contributed by atoms with E-state index in [2.05, 4.69) is 6.07 Å². The Bertz CT molecular complexity index is 642. The Labute approximate surface area is 125 Å². The third kappa shape index (κ3) is 2.99. The fourth-order valence-corrected chi connectivity index (χ4v) is 2.89. The van der Waals surface area contributed by atoms with Gasteiger partial charge in [0.2, 0.25) is 0 Å². The van der Waals surface area contributed by atoms with Gasteiger partial charge >= 0.3 is 0 Å². The van der Waals surface area contributed by atoms with E-state index in [9.17, 15) is 4.79 Å². The molecule has 108 valence electrons. The summed E-state index contributed by atoms with van der Waals surface area (Å²) in [5, 5.41) is 0. The Hall–Kier alpha value is -2.09. The van der Waals surface area contributed by atoms with E-state index < -0.39 is 0 Å². The number of ether oxygens (including phenoxy) is 1. The minimum absolute atomic E-state index is 0.200. The van der Waals surface area contributed by atoms with Gasteiger partial charge in [0, 0.05) is 12.0 Å². The highest BCUT2D eigenvalue weighted by molar-refractivity contribution is 5.99. The number of hydrogen-bond acceptors (Lipinski definition) is 2. The molecule has 1 fully saturated rings. The lowest BCUT2D eigenvalue weighted by Crippen LogP contribution is -2.15. The number of benzene rings is 2. The fraction of sp³-hybridized carbons (Fsp3) is 0.316. The number of Topliss-reactive ketones (excluding diaryl/α,β-unsaturated/α-hetero) is 1. The van der Waals surface area contributed by atoms with Crippen LogP contribution in [-0.4, -0.2) is 12.9 Å². The molecule has 0 saturated heterocycles. The number of rotatable bonds is 5. The van der Waals surface area contributed by atoms with Crippen LogP contribution in [0, 0.1) is 0 Å². The highest BCUT2D eigenvalue weighted by Crippen LogP contribution is 2.38. The second-order valence-corrected chi connectivity index (χ2v) is 5.67. The molecule has 2 aromatic carbocycles. The van der Waals surface area contributed by atoms with Gasteiger partial charge in [-0.3, -0.25) is 4.79 Å². The van der Waals surface area contributed by atoms with Gasteiger partial charge in [-0.2, -0.15) is 0 Å². The molecule has 2 aromatic rings. The number of ketones is 1. The Morgan fingerprint density at radius 1 is 1.14 bits per heavy atom. The van der Waals surface area contributed by atoms with E-state index in [1.807, 2.05) is 42.5 Å². The molecule has 0 N–H and O–H groups in total. The van der Waals surface area contributed by atoms with Crippen LogP contribution in [0.3, 0.4) is 0 Å². The Kier molecular flexibility index (Phi) is 4.05. The summed E-state index contributed by atoms with van der Waals surface area (Å²) in [6, 6.07) is 15.8. The van der Waals surface area contributed by atoms with Crippen LogP contribution in [0.5, 0.6) is 5.75 Å². The van der Waals surface area contributed by atoms with E-state index in [1.165, 1.54) is 24.8 Å². The lowest BCUT2D eigenvalue weighted by Gasteiger charge is -2.27. The highest BCUT2D eigenvalue weighted by Gasteiger charge is 2.24. The van der Waals surface area contributed by atoms with Crippen LogP contribution < -0.4 is 4.74 Å². The standard InChI is InChI=1S/C19H20O2/c1-21-16-9-4-6-14(12-16)13-19(20)18-11-3-2-10-17(18)15-7-5-8-15/h2-4,6,9-12,15H,5,7-8,13H2,1H3. The molecule has 0 aromatic heterocycles. The van der Waals surface area contributed by atoms with E-state index in [0.29, 0.717) is 12.3 Å². The van der Waals surface area contributed by atoms with Gasteiger partial charge < -0.3 is 4.74 Å². The summed E-state index contributed by atoms with van der Waals surface area (Å²) >= 11 is 0. The van der Waals surface area contributed by atoms with Crippen LogP contribution >= 0.6 is 0 Å². The van der Waals surface area contributed by atoms with Crippen LogP contribution in [0.1, 0.15) is 46.7 Å². The predicted molar refractivity (Wildman–Crippen MR) is 84.1 cm³/mol. The van der Waals surface area contributed by atoms with Gasteiger partial charge in [-0.15, -0.1) is 0 Å². The van der Waals surface area contributed by atoms with Crippen molar-refractivity contribution in [3.63, 3.8) is 0 Å². The fourth-order valence-electron chi connectivity index (χ4n) is 2.89. The number of carbonyl (C=O) groups excluding carboxylic acids is 1. The molecule has 1 saturated carbocycles. The second kappa shape index (κ2) is 6.13. The van der Waals surface area contributed by atoms with Crippen molar-refractivity contribution >= 4 is 5.78 Å². The van der Waals surface area contributed by atoms with Crippen molar-refractivity contribution in [1.82, 2.24) is 0 Å². The zero-order chi connectivity index (χ0) is 14.7. The zero-order valence-corrected chi connectivity index (χ0v) is 12.3. The lowest BCUT2D eigenvalue weighted by molar-refractivity contribution is 0.0991. The molecule has 0 amide bonds. The third-order valence-electron chi connectivity index (χ3n) is 4.31. The predicted octanol–water partition coefficient (Wildman–Crippen LogP) is 4.39. The van der Waals surface area contributed by atoms with Gasteiger partial charge in [-0.1, -0.05) is 42.8 Å². The molecule has 3 rings (SSSR count). The van der Waals surface area contributed by atoms with E-state index in [4.69, 9.17) is 4.74 Å². The van der Waals surface area contributed by atoms with Crippen LogP contribution in [0.25, 0.3) is 0 Å². The van der Waals surface area contributed by atoms with Crippen molar-refractivity contribution in [2.75, 3.05) is 7.11 Å². The molecule has 0 unspecified atom stereocenters. The first-order valence-corrected chi connectivity index (χ1v) is 7.53. The monoisotopic (exact) mass is 280 g/mol. The first-order chi connectivity index (χ1) is 10.3. The number of methoxy groups -OCH3 is 1. The molecule has 2 nitrogen and oxygen atoms in total. The molecule has 1 aliphatic carbocycles. The van der Waals surface area contributed by atoms with Gasteiger partial charge in [0.25, 0.3) is 0 Å². The summed E-state index contributed by atoms with van der Waals surface area (Å²) in [6.45, 7) is 0. The van der Waals surface area contributed by atoms with Crippen LogP contribution in [0.2, 0.25) is 0 Å². The van der Waals surface area contributed by atoms with Crippen molar-refractivity contribution in [3.05, 3.63) is 65.2 Å². The maximum Gasteiger partial charge on any atom is 0.167 e. The quantitative estimate of drug-likeness (QED) is 0.759. The van der Waals surface area contributed by atoms with E-state index >= 15 is 0 Å². The summed E-state index contributed by atoms with van der Waals surface area (Å²) in [6.07, 6.45) is 4.14. The van der Waals surface area contributed by atoms with E-state index in [0.717, 1.165) is 16.9 Å². The molecule has 0 aliphatic heterocycles. The lowest BCUT2D eigenvalue weighted by atomic mass is 9.77. The molecular weight excluding hydrogens is 260 g/mol. The number of carbonyl (C=O) groups is 1. The summed E-state index contributed by atoms with van der Waals surface area (Å²) in [7, 11) is 1.65. The third-order valence-corrected chi connectivity index (χ3v) is 4.31. The van der Waals surface area contributed by atoms with Gasteiger partial charge in [-0.05, 0) is 42.0 Å². The number of hydrogen-bond donors (Lipinski definition) is 0. The first-order valence-electron chi connectivity index (χ1n) is 7.53. The molecule has 0 atom stereocenters. The van der Waals surface area contributed by atoms with Gasteiger partial charge in [0.15, 0.2) is 5.78 Å². The van der Waals surface area contributed by atoms with Crippen molar-refractivity contribution in [1.29, 1.82) is 0 Å². The molecule has 0 radical (unpaired) electrons. The van der Waals surface area contributed by atoms with Crippen LogP contribution in [-0.2, 0) is 6.42 Å². The normalized spacial score (nSPS) is 14.5. The first kappa shape index (κ1) is 13.9. The van der Waals surface area contributed by atoms with E-state index in [-0.39, 0.29) is 5.78 Å². The minimum Gasteiger partial charge on any atom is -0.497 e. The summed E-state index contributed by atoms with van der Waals surface area (Å²) in [4.78, 5) is 12.6. The average Bonchev–Trinajstić information content (AvgIpc) is 2.46. The van der Waals surface area contributed by atoms with Gasteiger partial charge in [0.1, 0.15) is 5.75 Å². The summed E-state index contributed by atoms with van der Waals surface area (Å²) in [5.74, 6) is 1.58. The molecular formula is C19H20O2. The Morgan fingerprint density at radius 2 is 1.95 bits per heavy atom. The molecule has 0 spiro atoms. The van der Waals surface area contributed by atoms with Crippen molar-refractivity contribution < 1.29 is 9.53 Å². The topological polar surface area (TPSA) is 26.3 Å². The minimum atomic E-state index is 0.200. The Balaban J connectivity index is 1.82. The molecule has 21 heavy (non-hydrogen) atoms. The van der Waals surface area contributed by atoms with Crippen molar-refractivity contribution in [2.45, 2.75) is 31.6 Å². The average molecular weight is 280 g/mol. The maximum absolute atomic E-state index is 12.6. The van der Waals surface area contributed by atoms with Crippen molar-refractivity contribution in [3.8, 4) is 5.75 Å². The maximum atomic E-state index is 12.6. The van der Waals surface area contributed by atoms with Crippen LogP contribution in [0.15, 0.2) is 48.5 Å². The zero-order valence-electron chi connectivity index (χ0n) is 12.3. The van der Waals surface area contributed by atoms with Gasteiger partial charge in [-0.25, -0.2) is 0 Å². The van der Waals surface area contributed by atoms with E-state index in [1.54, 1.807) is 7.11 Å². The SMILES string of the molecule is COc1cccc(CC(=O)c2ccccc2C2CCC2)c1. The molecule has 0 bridgehead atoms. The smallest absolute Gasteiger partial charge is 0.167 e. The summed E-state index contributed by atoms with van der Waals surface area (Å²) in [5.41, 5.74) is 3.13. The second-order valence-electron chi connectivity index (χ2n) is 5.67. The molecule has 2 heteroatoms. The highest BCUT2D eigenvalue weighted by atomic mass is 16.5. The van der Waals surface area contributed by atoms with Crippen molar-refractivity contribution in [2.24, 2.45) is 0 Å². The molecule has 1 aliphatic rings. The molecule has 0 heterocycles. The van der Waals surface area contributed by atoms with Gasteiger partial charge in [0.05, 0.1) is 7.11 Å². The Morgan fingerprint density at radius 3 is 2.67 bits per heavy atom.